The lowest BCUT2D eigenvalue weighted by molar-refractivity contribution is 0.0908. The molecule has 0 fully saturated rings. The third-order valence-corrected chi connectivity index (χ3v) is 5.93. The maximum absolute atomic E-state index is 4.62. The summed E-state index contributed by atoms with van der Waals surface area (Å²) in [5.41, 5.74) is 2.58. The molecule has 5 heteroatoms. The van der Waals surface area contributed by atoms with Gasteiger partial charge in [-0.3, -0.25) is 4.68 Å². The van der Waals surface area contributed by atoms with Crippen molar-refractivity contribution in [2.24, 2.45) is 7.05 Å². The van der Waals surface area contributed by atoms with E-state index in [2.05, 4.69) is 73.2 Å². The quantitative estimate of drug-likeness (QED) is 0.775. The number of nitrogens with one attached hydrogen (secondary N) is 1. The lowest BCUT2D eigenvalue weighted by atomic mass is 9.81. The molecule has 0 aliphatic heterocycles. The molecule has 1 atom stereocenters. The zero-order chi connectivity index (χ0) is 16.2. The van der Waals surface area contributed by atoms with E-state index >= 15 is 0 Å². The minimum absolute atomic E-state index is 0.158. The lowest BCUT2D eigenvalue weighted by Crippen LogP contribution is -2.58. The molecule has 1 N–H and O–H groups in total. The first-order chi connectivity index (χ1) is 9.87. The van der Waals surface area contributed by atoms with Crippen LogP contribution >= 0.6 is 15.9 Å². The molecule has 1 aromatic heterocycles. The Morgan fingerprint density at radius 1 is 1.29 bits per heavy atom. The highest BCUT2D eigenvalue weighted by Gasteiger charge is 2.37. The number of aryl methyl sites for hydroxylation is 2. The van der Waals surface area contributed by atoms with Crippen LogP contribution in [0.25, 0.3) is 0 Å². The second-order valence-corrected chi connectivity index (χ2v) is 6.73. The molecule has 0 bridgehead atoms. The molecule has 21 heavy (non-hydrogen) atoms. The van der Waals surface area contributed by atoms with E-state index in [0.29, 0.717) is 6.04 Å². The summed E-state index contributed by atoms with van der Waals surface area (Å²) < 4.78 is 3.20. The van der Waals surface area contributed by atoms with Crippen molar-refractivity contribution >= 4 is 15.9 Å². The Bertz CT molecular complexity index is 449. The third kappa shape index (κ3) is 3.51. The fraction of sp³-hybridized carbons (Fsp3) is 0.812. The molecule has 1 rings (SSSR count). The molecule has 1 heterocycles. The van der Waals surface area contributed by atoms with E-state index in [1.165, 1.54) is 10.2 Å². The molecule has 0 saturated carbocycles. The predicted octanol–water partition coefficient (Wildman–Crippen LogP) is 3.00. The van der Waals surface area contributed by atoms with E-state index in [4.69, 9.17) is 0 Å². The van der Waals surface area contributed by atoms with Crippen LogP contribution in [0.3, 0.4) is 0 Å². The molecule has 0 aliphatic rings. The summed E-state index contributed by atoms with van der Waals surface area (Å²) >= 11 is 3.74. The first-order valence-electron chi connectivity index (χ1n) is 7.92. The van der Waals surface area contributed by atoms with Crippen molar-refractivity contribution in [2.45, 2.75) is 58.0 Å². The molecule has 4 nitrogen and oxygen atoms in total. The van der Waals surface area contributed by atoms with Crippen LogP contribution in [0.2, 0.25) is 0 Å². The molecule has 1 unspecified atom stereocenters. The molecule has 122 valence electrons. The normalized spacial score (nSPS) is 14.0. The van der Waals surface area contributed by atoms with Crippen molar-refractivity contribution in [3.63, 3.8) is 0 Å². The molecule has 0 saturated heterocycles. The van der Waals surface area contributed by atoms with Crippen LogP contribution < -0.4 is 5.32 Å². The van der Waals surface area contributed by atoms with Crippen LogP contribution in [-0.2, 0) is 19.9 Å². The van der Waals surface area contributed by atoms with Gasteiger partial charge < -0.3 is 10.2 Å². The van der Waals surface area contributed by atoms with Crippen LogP contribution in [0.5, 0.6) is 0 Å². The molecule has 0 radical (unpaired) electrons. The number of rotatable bonds is 8. The summed E-state index contributed by atoms with van der Waals surface area (Å²) in [7, 11) is 8.49. The van der Waals surface area contributed by atoms with E-state index in [1.54, 1.807) is 0 Å². The van der Waals surface area contributed by atoms with E-state index < -0.39 is 0 Å². The fourth-order valence-corrected chi connectivity index (χ4v) is 4.26. The van der Waals surface area contributed by atoms with E-state index in [0.717, 1.165) is 31.4 Å². The lowest BCUT2D eigenvalue weighted by Gasteiger charge is -2.45. The van der Waals surface area contributed by atoms with Gasteiger partial charge in [0, 0.05) is 25.0 Å². The van der Waals surface area contributed by atoms with Crippen molar-refractivity contribution in [3.8, 4) is 0 Å². The summed E-state index contributed by atoms with van der Waals surface area (Å²) in [6.07, 6.45) is 4.18. The number of aromatic nitrogens is 2. The number of likely N-dealkylation sites (N-methyl/N-ethyl adjacent to an activating group) is 2. The van der Waals surface area contributed by atoms with Gasteiger partial charge in [0.05, 0.1) is 15.9 Å². The van der Waals surface area contributed by atoms with Gasteiger partial charge in [-0.25, -0.2) is 0 Å². The Kier molecular flexibility index (Phi) is 6.88. The SMILES string of the molecule is CCc1nn(C)c(CC(NC)C(CC)(CC)N(C)C)c1Br. The second-order valence-electron chi connectivity index (χ2n) is 5.94. The summed E-state index contributed by atoms with van der Waals surface area (Å²) in [5.74, 6) is 0. The van der Waals surface area contributed by atoms with Crippen molar-refractivity contribution < 1.29 is 0 Å². The van der Waals surface area contributed by atoms with Gasteiger partial charge in [0.2, 0.25) is 0 Å². The minimum atomic E-state index is 0.158. The van der Waals surface area contributed by atoms with E-state index in [-0.39, 0.29) is 5.54 Å². The average molecular weight is 359 g/mol. The summed E-state index contributed by atoms with van der Waals surface area (Å²) in [6.45, 7) is 6.71. The van der Waals surface area contributed by atoms with Crippen LogP contribution in [0.15, 0.2) is 4.47 Å². The Balaban J connectivity index is 3.15. The van der Waals surface area contributed by atoms with Crippen LogP contribution in [-0.4, -0.2) is 47.4 Å². The van der Waals surface area contributed by atoms with Crippen LogP contribution in [0.1, 0.15) is 45.0 Å². The topological polar surface area (TPSA) is 33.1 Å². The molecular weight excluding hydrogens is 328 g/mol. The Morgan fingerprint density at radius 3 is 2.19 bits per heavy atom. The van der Waals surface area contributed by atoms with Gasteiger partial charge in [0.15, 0.2) is 0 Å². The summed E-state index contributed by atoms with van der Waals surface area (Å²) in [6, 6.07) is 0.388. The van der Waals surface area contributed by atoms with Gasteiger partial charge in [-0.15, -0.1) is 0 Å². The van der Waals surface area contributed by atoms with Crippen LogP contribution in [0, 0.1) is 0 Å². The highest BCUT2D eigenvalue weighted by Crippen LogP contribution is 2.30. The number of halogens is 1. The standard InChI is InChI=1S/C16H31BrN4/c1-8-12-15(17)13(21(7)19-12)11-14(18-4)16(9-2,10-3)20(5)6/h14,18H,8-11H2,1-7H3. The number of hydrogen-bond donors (Lipinski definition) is 1. The number of hydrogen-bond acceptors (Lipinski definition) is 3. The highest BCUT2D eigenvalue weighted by molar-refractivity contribution is 9.10. The fourth-order valence-electron chi connectivity index (χ4n) is 3.48. The minimum Gasteiger partial charge on any atom is -0.315 e. The summed E-state index contributed by atoms with van der Waals surface area (Å²) in [4.78, 5) is 2.37. The Morgan fingerprint density at radius 2 is 1.86 bits per heavy atom. The van der Waals surface area contributed by atoms with Gasteiger partial charge >= 0.3 is 0 Å². The zero-order valence-corrected chi connectivity index (χ0v) is 16.2. The predicted molar refractivity (Wildman–Crippen MR) is 93.8 cm³/mol. The molecule has 0 aliphatic carbocycles. The Hall–Kier alpha value is -0.390. The average Bonchev–Trinajstić information content (AvgIpc) is 2.74. The summed E-state index contributed by atoms with van der Waals surface area (Å²) in [5, 5.41) is 8.18. The first kappa shape index (κ1) is 18.7. The molecule has 0 spiro atoms. The number of nitrogens with zero attached hydrogens (tertiary/aromatic N) is 3. The maximum atomic E-state index is 4.62. The van der Waals surface area contributed by atoms with E-state index in [9.17, 15) is 0 Å². The smallest absolute Gasteiger partial charge is 0.0766 e. The monoisotopic (exact) mass is 358 g/mol. The van der Waals surface area contributed by atoms with Crippen molar-refractivity contribution in [1.29, 1.82) is 0 Å². The largest absolute Gasteiger partial charge is 0.315 e. The zero-order valence-electron chi connectivity index (χ0n) is 14.6. The van der Waals surface area contributed by atoms with Crippen molar-refractivity contribution in [3.05, 3.63) is 15.9 Å². The van der Waals surface area contributed by atoms with Gasteiger partial charge in [-0.1, -0.05) is 20.8 Å². The first-order valence-corrected chi connectivity index (χ1v) is 8.72. The molecule has 1 aromatic rings. The van der Waals surface area contributed by atoms with Crippen molar-refractivity contribution in [2.75, 3.05) is 21.1 Å². The highest BCUT2D eigenvalue weighted by atomic mass is 79.9. The van der Waals surface area contributed by atoms with Gasteiger partial charge in [-0.05, 0) is 56.3 Å². The van der Waals surface area contributed by atoms with Gasteiger partial charge in [0.25, 0.3) is 0 Å². The van der Waals surface area contributed by atoms with Gasteiger partial charge in [0.1, 0.15) is 0 Å². The molecular formula is C16H31BrN4. The second kappa shape index (κ2) is 7.75. The molecule has 0 aromatic carbocycles. The van der Waals surface area contributed by atoms with Gasteiger partial charge in [-0.2, -0.15) is 5.10 Å². The molecule has 0 amide bonds. The Labute approximate surface area is 138 Å². The van der Waals surface area contributed by atoms with E-state index in [1.807, 2.05) is 11.7 Å². The van der Waals surface area contributed by atoms with Crippen LogP contribution in [0.4, 0.5) is 0 Å². The third-order valence-electron chi connectivity index (χ3n) is 5.01. The van der Waals surface area contributed by atoms with Crippen molar-refractivity contribution in [1.82, 2.24) is 20.0 Å². The maximum Gasteiger partial charge on any atom is 0.0766 e.